The van der Waals surface area contributed by atoms with E-state index in [1.807, 2.05) is 12.1 Å². The molecule has 0 saturated heterocycles. The molecule has 1 aliphatic rings. The van der Waals surface area contributed by atoms with Crippen LogP contribution in [0.25, 0.3) is 0 Å². The highest BCUT2D eigenvalue weighted by Crippen LogP contribution is 2.41. The van der Waals surface area contributed by atoms with Crippen molar-refractivity contribution in [3.05, 3.63) is 22.6 Å². The summed E-state index contributed by atoms with van der Waals surface area (Å²) in [6, 6.07) is 3.99. The fraction of sp³-hybridized carbons (Fsp3) is 0.600. The predicted molar refractivity (Wildman–Crippen MR) is 55.6 cm³/mol. The van der Waals surface area contributed by atoms with Crippen LogP contribution in [0.5, 0.6) is 0 Å². The van der Waals surface area contributed by atoms with E-state index in [0.717, 1.165) is 10.4 Å². The lowest BCUT2D eigenvalue weighted by atomic mass is 9.84. The van der Waals surface area contributed by atoms with E-state index in [2.05, 4.69) is 15.9 Å². The van der Waals surface area contributed by atoms with Crippen LogP contribution in [0.15, 0.2) is 21.2 Å². The molecule has 1 fully saturated rings. The van der Waals surface area contributed by atoms with E-state index in [9.17, 15) is 0 Å². The second-order valence-electron chi connectivity index (χ2n) is 3.80. The van der Waals surface area contributed by atoms with Crippen molar-refractivity contribution in [1.82, 2.24) is 0 Å². The fourth-order valence-corrected chi connectivity index (χ4v) is 2.51. The minimum absolute atomic E-state index is 0.131. The van der Waals surface area contributed by atoms with Crippen molar-refractivity contribution < 1.29 is 4.42 Å². The molecule has 1 aliphatic carbocycles. The van der Waals surface area contributed by atoms with Gasteiger partial charge in [0.05, 0.1) is 0 Å². The van der Waals surface area contributed by atoms with Gasteiger partial charge in [0.25, 0.3) is 0 Å². The summed E-state index contributed by atoms with van der Waals surface area (Å²) < 4.78 is 6.41. The Labute approximate surface area is 86.6 Å². The van der Waals surface area contributed by atoms with E-state index >= 15 is 0 Å². The maximum Gasteiger partial charge on any atom is 0.169 e. The van der Waals surface area contributed by atoms with E-state index in [4.69, 9.17) is 10.2 Å². The normalized spacial score (nSPS) is 20.8. The molecular formula is C10H14BrNO. The van der Waals surface area contributed by atoms with E-state index < -0.39 is 0 Å². The van der Waals surface area contributed by atoms with Gasteiger partial charge >= 0.3 is 0 Å². The molecule has 13 heavy (non-hydrogen) atoms. The molecule has 1 aromatic rings. The lowest BCUT2D eigenvalue weighted by Gasteiger charge is -2.24. The van der Waals surface area contributed by atoms with Crippen LogP contribution in [0.1, 0.15) is 31.4 Å². The van der Waals surface area contributed by atoms with Crippen LogP contribution in [0, 0.1) is 0 Å². The second-order valence-corrected chi connectivity index (χ2v) is 4.58. The predicted octanol–water partition coefficient (Wildman–Crippen LogP) is 2.81. The van der Waals surface area contributed by atoms with Gasteiger partial charge in [0.15, 0.2) is 4.67 Å². The van der Waals surface area contributed by atoms with Crippen molar-refractivity contribution in [2.75, 3.05) is 6.54 Å². The molecule has 0 spiro atoms. The zero-order valence-corrected chi connectivity index (χ0v) is 9.14. The Kier molecular flexibility index (Phi) is 2.47. The number of nitrogens with two attached hydrogens (primary N) is 1. The molecule has 1 saturated carbocycles. The maximum absolute atomic E-state index is 5.83. The third-order valence-electron chi connectivity index (χ3n) is 3.05. The van der Waals surface area contributed by atoms with Crippen LogP contribution in [-0.4, -0.2) is 6.54 Å². The van der Waals surface area contributed by atoms with E-state index in [0.29, 0.717) is 6.54 Å². The number of hydrogen-bond donors (Lipinski definition) is 1. The summed E-state index contributed by atoms with van der Waals surface area (Å²) in [6.45, 7) is 0.701. The molecule has 3 heteroatoms. The van der Waals surface area contributed by atoms with Crippen LogP contribution in [0.2, 0.25) is 0 Å². The highest BCUT2D eigenvalue weighted by atomic mass is 79.9. The van der Waals surface area contributed by atoms with Gasteiger partial charge in [0, 0.05) is 12.0 Å². The minimum atomic E-state index is 0.131. The molecule has 0 amide bonds. The van der Waals surface area contributed by atoms with Crippen molar-refractivity contribution in [3.8, 4) is 0 Å². The number of hydrogen-bond acceptors (Lipinski definition) is 2. The van der Waals surface area contributed by atoms with Gasteiger partial charge in [-0.05, 0) is 40.9 Å². The van der Waals surface area contributed by atoms with Crippen LogP contribution in [-0.2, 0) is 5.41 Å². The standard InChI is InChI=1S/C10H14BrNO/c11-9-4-3-8(13-9)10(7-12)5-1-2-6-10/h3-4H,1-2,5-7,12H2. The summed E-state index contributed by atoms with van der Waals surface area (Å²) in [5.41, 5.74) is 5.97. The quantitative estimate of drug-likeness (QED) is 0.868. The van der Waals surface area contributed by atoms with E-state index in [1.165, 1.54) is 25.7 Å². The molecule has 0 unspecified atom stereocenters. The van der Waals surface area contributed by atoms with E-state index in [1.54, 1.807) is 0 Å². The first-order valence-corrected chi connectivity index (χ1v) is 5.52. The average molecular weight is 244 g/mol. The van der Waals surface area contributed by atoms with E-state index in [-0.39, 0.29) is 5.41 Å². The van der Waals surface area contributed by atoms with Gasteiger partial charge in [-0.25, -0.2) is 0 Å². The fourth-order valence-electron chi connectivity index (χ4n) is 2.20. The zero-order valence-electron chi connectivity index (χ0n) is 7.55. The number of furan rings is 1. The molecule has 0 radical (unpaired) electrons. The van der Waals surface area contributed by atoms with Crippen molar-refractivity contribution in [2.24, 2.45) is 5.73 Å². The largest absolute Gasteiger partial charge is 0.454 e. The molecule has 2 rings (SSSR count). The van der Waals surface area contributed by atoms with Gasteiger partial charge in [0.1, 0.15) is 5.76 Å². The molecule has 1 heterocycles. The highest BCUT2D eigenvalue weighted by Gasteiger charge is 2.36. The molecule has 2 nitrogen and oxygen atoms in total. The first-order valence-electron chi connectivity index (χ1n) is 4.73. The van der Waals surface area contributed by atoms with Crippen LogP contribution >= 0.6 is 15.9 Å². The van der Waals surface area contributed by atoms with Crippen molar-refractivity contribution in [1.29, 1.82) is 0 Å². The molecule has 0 aromatic carbocycles. The third kappa shape index (κ3) is 1.55. The number of rotatable bonds is 2. The Hall–Kier alpha value is -0.280. The second kappa shape index (κ2) is 3.46. The monoisotopic (exact) mass is 243 g/mol. The average Bonchev–Trinajstić information content (AvgIpc) is 2.73. The summed E-state index contributed by atoms with van der Waals surface area (Å²) in [7, 11) is 0. The Morgan fingerprint density at radius 2 is 2.08 bits per heavy atom. The molecular weight excluding hydrogens is 230 g/mol. The molecule has 72 valence electrons. The van der Waals surface area contributed by atoms with Crippen LogP contribution < -0.4 is 5.73 Å². The van der Waals surface area contributed by atoms with Crippen LogP contribution in [0.3, 0.4) is 0 Å². The molecule has 0 bridgehead atoms. The first kappa shape index (κ1) is 9.28. The van der Waals surface area contributed by atoms with Crippen molar-refractivity contribution in [2.45, 2.75) is 31.1 Å². The Morgan fingerprint density at radius 3 is 2.54 bits per heavy atom. The van der Waals surface area contributed by atoms with Gasteiger partial charge < -0.3 is 10.2 Å². The smallest absolute Gasteiger partial charge is 0.169 e. The Bertz CT molecular complexity index is 289. The first-order chi connectivity index (χ1) is 6.27. The van der Waals surface area contributed by atoms with Gasteiger partial charge in [-0.3, -0.25) is 0 Å². The summed E-state index contributed by atoms with van der Waals surface area (Å²) >= 11 is 3.33. The molecule has 0 aliphatic heterocycles. The molecule has 0 atom stereocenters. The summed E-state index contributed by atoms with van der Waals surface area (Å²) in [5.74, 6) is 1.05. The molecule has 2 N–H and O–H groups in total. The maximum atomic E-state index is 5.83. The third-order valence-corrected chi connectivity index (χ3v) is 3.47. The lowest BCUT2D eigenvalue weighted by molar-refractivity contribution is 0.340. The van der Waals surface area contributed by atoms with Crippen molar-refractivity contribution in [3.63, 3.8) is 0 Å². The van der Waals surface area contributed by atoms with Gasteiger partial charge in [-0.15, -0.1) is 0 Å². The van der Waals surface area contributed by atoms with Crippen molar-refractivity contribution >= 4 is 15.9 Å². The summed E-state index contributed by atoms with van der Waals surface area (Å²) in [5, 5.41) is 0. The number of halogens is 1. The summed E-state index contributed by atoms with van der Waals surface area (Å²) in [4.78, 5) is 0. The van der Waals surface area contributed by atoms with Gasteiger partial charge in [-0.1, -0.05) is 12.8 Å². The van der Waals surface area contributed by atoms with Crippen LogP contribution in [0.4, 0.5) is 0 Å². The minimum Gasteiger partial charge on any atom is -0.454 e. The summed E-state index contributed by atoms with van der Waals surface area (Å²) in [6.07, 6.45) is 4.89. The SMILES string of the molecule is NCC1(c2ccc(Br)o2)CCCC1. The Balaban J connectivity index is 2.30. The topological polar surface area (TPSA) is 39.2 Å². The van der Waals surface area contributed by atoms with Gasteiger partial charge in [-0.2, -0.15) is 0 Å². The highest BCUT2D eigenvalue weighted by molar-refractivity contribution is 9.10. The van der Waals surface area contributed by atoms with Gasteiger partial charge in [0.2, 0.25) is 0 Å². The molecule has 1 aromatic heterocycles. The lowest BCUT2D eigenvalue weighted by Crippen LogP contribution is -2.31. The Morgan fingerprint density at radius 1 is 1.38 bits per heavy atom. The zero-order chi connectivity index (χ0) is 9.31.